The van der Waals surface area contributed by atoms with Gasteiger partial charge in [0.2, 0.25) is 0 Å². The van der Waals surface area contributed by atoms with Crippen LogP contribution in [0.5, 0.6) is 0 Å². The monoisotopic (exact) mass is 303 g/mol. The Balaban J connectivity index is 1.84. The summed E-state index contributed by atoms with van der Waals surface area (Å²) in [7, 11) is 0. The average molecular weight is 304 g/mol. The third-order valence-corrected chi connectivity index (χ3v) is 5.65. The van der Waals surface area contributed by atoms with Gasteiger partial charge in [0.15, 0.2) is 0 Å². The normalized spacial score (nSPS) is 18.2. The second-order valence-corrected chi connectivity index (χ2v) is 7.05. The molecule has 2 rings (SSSR count). The molecule has 0 saturated heterocycles. The zero-order chi connectivity index (χ0) is 13.0. The summed E-state index contributed by atoms with van der Waals surface area (Å²) in [6.45, 7) is 0. The molecule has 4 heteroatoms. The number of nitrogens with two attached hydrogens (primary N) is 1. The lowest BCUT2D eigenvalue weighted by Gasteiger charge is -2.16. The van der Waals surface area contributed by atoms with E-state index in [2.05, 4.69) is 0 Å². The Morgan fingerprint density at radius 1 is 1.22 bits per heavy atom. The van der Waals surface area contributed by atoms with Crippen LogP contribution in [-0.4, -0.2) is 17.0 Å². The smallest absolute Gasteiger partial charge is 0.0453 e. The first-order valence-electron chi connectivity index (χ1n) is 6.47. The molecule has 2 N–H and O–H groups in total. The SMILES string of the molecule is NC(CSC1CCCC1)Cc1c(Cl)cccc1Cl. The second-order valence-electron chi connectivity index (χ2n) is 4.90. The van der Waals surface area contributed by atoms with Crippen LogP contribution < -0.4 is 5.73 Å². The Morgan fingerprint density at radius 2 is 1.83 bits per heavy atom. The highest BCUT2D eigenvalue weighted by atomic mass is 35.5. The molecule has 1 nitrogen and oxygen atoms in total. The lowest BCUT2D eigenvalue weighted by atomic mass is 10.1. The molecule has 1 atom stereocenters. The topological polar surface area (TPSA) is 26.0 Å². The molecular formula is C14H19Cl2NS. The molecule has 1 aromatic rings. The first kappa shape index (κ1) is 14.5. The predicted octanol–water partition coefficient (Wildman–Crippen LogP) is 4.54. The van der Waals surface area contributed by atoms with Crippen molar-refractivity contribution in [3.05, 3.63) is 33.8 Å². The van der Waals surface area contributed by atoms with E-state index < -0.39 is 0 Å². The maximum absolute atomic E-state index is 6.18. The molecule has 1 aliphatic rings. The van der Waals surface area contributed by atoms with Crippen LogP contribution in [0.2, 0.25) is 10.0 Å². The summed E-state index contributed by atoms with van der Waals surface area (Å²) < 4.78 is 0. The largest absolute Gasteiger partial charge is 0.327 e. The molecule has 1 fully saturated rings. The zero-order valence-electron chi connectivity index (χ0n) is 10.4. The quantitative estimate of drug-likeness (QED) is 0.864. The molecule has 18 heavy (non-hydrogen) atoms. The van der Waals surface area contributed by atoms with Gasteiger partial charge in [-0.1, -0.05) is 42.1 Å². The molecule has 1 aromatic carbocycles. The van der Waals surface area contributed by atoms with Crippen LogP contribution in [0.25, 0.3) is 0 Å². The molecule has 0 bridgehead atoms. The first-order valence-corrected chi connectivity index (χ1v) is 8.27. The summed E-state index contributed by atoms with van der Waals surface area (Å²) in [5.74, 6) is 0.992. The highest BCUT2D eigenvalue weighted by Crippen LogP contribution is 2.31. The van der Waals surface area contributed by atoms with E-state index in [1.807, 2.05) is 30.0 Å². The summed E-state index contributed by atoms with van der Waals surface area (Å²) >= 11 is 14.3. The second kappa shape index (κ2) is 7.04. The Morgan fingerprint density at radius 3 is 2.44 bits per heavy atom. The summed E-state index contributed by atoms with van der Waals surface area (Å²) in [5.41, 5.74) is 7.17. The van der Waals surface area contributed by atoms with Crippen molar-refractivity contribution in [3.8, 4) is 0 Å². The van der Waals surface area contributed by atoms with Gasteiger partial charge in [-0.15, -0.1) is 0 Å². The number of thioether (sulfide) groups is 1. The summed E-state index contributed by atoms with van der Waals surface area (Å²) in [4.78, 5) is 0. The predicted molar refractivity (Wildman–Crippen MR) is 82.9 cm³/mol. The average Bonchev–Trinajstić information content (AvgIpc) is 2.84. The lowest BCUT2D eigenvalue weighted by Crippen LogP contribution is -2.26. The van der Waals surface area contributed by atoms with Crippen LogP contribution in [0, 0.1) is 0 Å². The molecule has 1 unspecified atom stereocenters. The maximum atomic E-state index is 6.18. The van der Waals surface area contributed by atoms with E-state index in [9.17, 15) is 0 Å². The van der Waals surface area contributed by atoms with Crippen molar-refractivity contribution in [2.75, 3.05) is 5.75 Å². The minimum atomic E-state index is 0.132. The number of hydrogen-bond donors (Lipinski definition) is 1. The minimum Gasteiger partial charge on any atom is -0.327 e. The molecule has 0 aromatic heterocycles. The third-order valence-electron chi connectivity index (χ3n) is 3.38. The van der Waals surface area contributed by atoms with Gasteiger partial charge in [-0.25, -0.2) is 0 Å². The molecule has 100 valence electrons. The van der Waals surface area contributed by atoms with Gasteiger partial charge in [-0.05, 0) is 37.0 Å². The fourth-order valence-corrected chi connectivity index (χ4v) is 4.22. The summed E-state index contributed by atoms with van der Waals surface area (Å²) in [5, 5.41) is 2.27. The van der Waals surface area contributed by atoms with Crippen LogP contribution in [0.3, 0.4) is 0 Å². The highest BCUT2D eigenvalue weighted by molar-refractivity contribution is 7.99. The fourth-order valence-electron chi connectivity index (χ4n) is 2.36. The van der Waals surface area contributed by atoms with E-state index in [1.165, 1.54) is 25.7 Å². The molecule has 1 saturated carbocycles. The summed E-state index contributed by atoms with van der Waals surface area (Å²) in [6.07, 6.45) is 6.22. The number of rotatable bonds is 5. The standard InChI is InChI=1S/C14H19Cl2NS/c15-13-6-3-7-14(16)12(13)8-10(17)9-18-11-4-1-2-5-11/h3,6-7,10-11H,1-2,4-5,8-9,17H2. The van der Waals surface area contributed by atoms with Gasteiger partial charge in [0.25, 0.3) is 0 Å². The summed E-state index contributed by atoms with van der Waals surface area (Å²) in [6, 6.07) is 5.75. The fraction of sp³-hybridized carbons (Fsp3) is 0.571. The van der Waals surface area contributed by atoms with Crippen LogP contribution >= 0.6 is 35.0 Å². The van der Waals surface area contributed by atoms with Crippen molar-refractivity contribution in [2.24, 2.45) is 5.73 Å². The Kier molecular flexibility index (Phi) is 5.68. The number of benzene rings is 1. The highest BCUT2D eigenvalue weighted by Gasteiger charge is 2.17. The van der Waals surface area contributed by atoms with Crippen LogP contribution in [0.15, 0.2) is 18.2 Å². The van der Waals surface area contributed by atoms with Crippen molar-refractivity contribution in [1.29, 1.82) is 0 Å². The lowest BCUT2D eigenvalue weighted by molar-refractivity contribution is 0.745. The van der Waals surface area contributed by atoms with E-state index in [0.29, 0.717) is 0 Å². The van der Waals surface area contributed by atoms with Gasteiger partial charge in [-0.3, -0.25) is 0 Å². The molecular weight excluding hydrogens is 285 g/mol. The van der Waals surface area contributed by atoms with E-state index >= 15 is 0 Å². The van der Waals surface area contributed by atoms with Gasteiger partial charge in [-0.2, -0.15) is 11.8 Å². The van der Waals surface area contributed by atoms with Crippen LogP contribution in [0.1, 0.15) is 31.2 Å². The van der Waals surface area contributed by atoms with Crippen molar-refractivity contribution in [2.45, 2.75) is 43.4 Å². The van der Waals surface area contributed by atoms with Gasteiger partial charge in [0, 0.05) is 27.1 Å². The van der Waals surface area contributed by atoms with E-state index in [1.54, 1.807) is 0 Å². The minimum absolute atomic E-state index is 0.132. The Labute approximate surface area is 123 Å². The molecule has 0 amide bonds. The molecule has 1 aliphatic carbocycles. The van der Waals surface area contributed by atoms with Gasteiger partial charge in [0.1, 0.15) is 0 Å². The molecule has 0 aliphatic heterocycles. The van der Waals surface area contributed by atoms with Gasteiger partial charge < -0.3 is 5.73 Å². The van der Waals surface area contributed by atoms with Crippen LogP contribution in [0.4, 0.5) is 0 Å². The van der Waals surface area contributed by atoms with E-state index in [-0.39, 0.29) is 6.04 Å². The van der Waals surface area contributed by atoms with Crippen molar-refractivity contribution < 1.29 is 0 Å². The van der Waals surface area contributed by atoms with Gasteiger partial charge in [0.05, 0.1) is 0 Å². The van der Waals surface area contributed by atoms with E-state index in [0.717, 1.165) is 33.0 Å². The first-order chi connectivity index (χ1) is 8.66. The number of halogens is 2. The zero-order valence-corrected chi connectivity index (χ0v) is 12.7. The molecule has 0 heterocycles. The molecule has 0 radical (unpaired) electrons. The Hall–Kier alpha value is 0.110. The van der Waals surface area contributed by atoms with Crippen molar-refractivity contribution in [1.82, 2.24) is 0 Å². The van der Waals surface area contributed by atoms with E-state index in [4.69, 9.17) is 28.9 Å². The third kappa shape index (κ3) is 4.06. The van der Waals surface area contributed by atoms with Crippen molar-refractivity contribution in [3.63, 3.8) is 0 Å². The molecule has 0 spiro atoms. The van der Waals surface area contributed by atoms with Crippen molar-refractivity contribution >= 4 is 35.0 Å². The Bertz CT molecular complexity index is 371. The van der Waals surface area contributed by atoms with Gasteiger partial charge >= 0.3 is 0 Å². The van der Waals surface area contributed by atoms with Crippen LogP contribution in [-0.2, 0) is 6.42 Å². The number of hydrogen-bond acceptors (Lipinski definition) is 2. The maximum Gasteiger partial charge on any atom is 0.0453 e.